The van der Waals surface area contributed by atoms with E-state index in [-0.39, 0.29) is 13.2 Å². The number of rotatable bonds is 6. The fraction of sp³-hybridized carbons (Fsp3) is 0.438. The number of aliphatic hydroxyl groups is 3. The molecule has 0 saturated carbocycles. The van der Waals surface area contributed by atoms with Crippen molar-refractivity contribution in [3.8, 4) is 0 Å². The summed E-state index contributed by atoms with van der Waals surface area (Å²) in [6.45, 7) is 3.28. The molecule has 2 rings (SSSR count). The second-order valence-corrected chi connectivity index (χ2v) is 5.10. The number of ether oxygens (including phenoxy) is 3. The van der Waals surface area contributed by atoms with Crippen molar-refractivity contribution in [2.75, 3.05) is 13.2 Å². The maximum absolute atomic E-state index is 11.9. The van der Waals surface area contributed by atoms with Gasteiger partial charge in [0.2, 0.25) is 0 Å². The maximum Gasteiger partial charge on any atom is 0.338 e. The monoisotopic (exact) mass is 324 g/mol. The summed E-state index contributed by atoms with van der Waals surface area (Å²) in [6.07, 6.45) is -4.87. The number of aliphatic hydroxyl groups excluding tert-OH is 3. The molecule has 1 aromatic rings. The van der Waals surface area contributed by atoms with Gasteiger partial charge in [-0.15, -0.1) is 6.58 Å². The lowest BCUT2D eigenvalue weighted by Crippen LogP contribution is -2.59. The predicted molar refractivity (Wildman–Crippen MR) is 79.6 cm³/mol. The third-order valence-corrected chi connectivity index (χ3v) is 3.46. The number of carbonyl (C=O) groups is 1. The van der Waals surface area contributed by atoms with E-state index in [1.165, 1.54) is 6.08 Å². The first-order valence-electron chi connectivity index (χ1n) is 7.19. The van der Waals surface area contributed by atoms with Crippen LogP contribution in [0.1, 0.15) is 10.4 Å². The summed E-state index contributed by atoms with van der Waals surface area (Å²) >= 11 is 0. The molecule has 126 valence electrons. The van der Waals surface area contributed by atoms with Crippen LogP contribution in [-0.4, -0.2) is 65.2 Å². The molecule has 0 amide bonds. The predicted octanol–water partition coefficient (Wildman–Crippen LogP) is -0.146. The zero-order valence-corrected chi connectivity index (χ0v) is 12.4. The molecular formula is C16H20O7. The Balaban J connectivity index is 1.95. The van der Waals surface area contributed by atoms with Crippen molar-refractivity contribution in [1.82, 2.24) is 0 Å². The van der Waals surface area contributed by atoms with Crippen molar-refractivity contribution >= 4 is 5.97 Å². The van der Waals surface area contributed by atoms with Gasteiger partial charge in [0, 0.05) is 0 Å². The highest BCUT2D eigenvalue weighted by Crippen LogP contribution is 2.23. The summed E-state index contributed by atoms with van der Waals surface area (Å²) < 4.78 is 15.4. The first-order valence-corrected chi connectivity index (χ1v) is 7.19. The van der Waals surface area contributed by atoms with Gasteiger partial charge in [0.25, 0.3) is 0 Å². The molecule has 0 aliphatic carbocycles. The summed E-state index contributed by atoms with van der Waals surface area (Å²) in [5.74, 6) is -0.578. The third kappa shape index (κ3) is 4.37. The van der Waals surface area contributed by atoms with Crippen molar-refractivity contribution in [1.29, 1.82) is 0 Å². The normalized spacial score (nSPS) is 30.7. The van der Waals surface area contributed by atoms with Crippen LogP contribution in [0.5, 0.6) is 0 Å². The van der Waals surface area contributed by atoms with Crippen molar-refractivity contribution in [3.05, 3.63) is 48.6 Å². The molecule has 5 unspecified atom stereocenters. The maximum atomic E-state index is 11.9. The van der Waals surface area contributed by atoms with Crippen LogP contribution < -0.4 is 0 Å². The van der Waals surface area contributed by atoms with E-state index < -0.39 is 36.7 Å². The molecule has 1 aliphatic rings. The van der Waals surface area contributed by atoms with E-state index in [1.54, 1.807) is 30.3 Å². The average molecular weight is 324 g/mol. The van der Waals surface area contributed by atoms with Crippen LogP contribution in [0.25, 0.3) is 0 Å². The Kier molecular flexibility index (Phi) is 6.26. The highest BCUT2D eigenvalue weighted by atomic mass is 16.7. The minimum absolute atomic E-state index is 0.0853. The number of hydrogen-bond donors (Lipinski definition) is 3. The Hall–Kier alpha value is -1.77. The summed E-state index contributed by atoms with van der Waals surface area (Å²) in [5, 5.41) is 29.7. The second-order valence-electron chi connectivity index (χ2n) is 5.10. The lowest BCUT2D eigenvalue weighted by Gasteiger charge is -2.40. The van der Waals surface area contributed by atoms with Crippen LogP contribution in [0.3, 0.4) is 0 Å². The molecule has 1 aromatic carbocycles. The number of benzene rings is 1. The molecule has 1 heterocycles. The van der Waals surface area contributed by atoms with Crippen LogP contribution in [0, 0.1) is 0 Å². The van der Waals surface area contributed by atoms with Gasteiger partial charge in [-0.3, -0.25) is 0 Å². The minimum Gasteiger partial charge on any atom is -0.459 e. The van der Waals surface area contributed by atoms with Crippen LogP contribution in [0.4, 0.5) is 0 Å². The fourth-order valence-corrected chi connectivity index (χ4v) is 2.25. The van der Waals surface area contributed by atoms with Gasteiger partial charge in [0.15, 0.2) is 6.29 Å². The van der Waals surface area contributed by atoms with Gasteiger partial charge in [-0.1, -0.05) is 24.3 Å². The standard InChI is InChI=1S/C16H20O7/c1-2-8-21-14-12(17)11(23-16(20)13(14)18)9-22-15(19)10-6-4-3-5-7-10/h2-7,11-14,16-18,20H,1,8-9H2. The van der Waals surface area contributed by atoms with Crippen molar-refractivity contribution < 1.29 is 34.3 Å². The van der Waals surface area contributed by atoms with Crippen molar-refractivity contribution in [2.45, 2.75) is 30.7 Å². The van der Waals surface area contributed by atoms with Gasteiger partial charge in [-0.2, -0.15) is 0 Å². The third-order valence-electron chi connectivity index (χ3n) is 3.46. The van der Waals surface area contributed by atoms with Gasteiger partial charge in [-0.05, 0) is 12.1 Å². The second kappa shape index (κ2) is 8.19. The smallest absolute Gasteiger partial charge is 0.338 e. The molecule has 23 heavy (non-hydrogen) atoms. The molecule has 0 bridgehead atoms. The molecule has 3 N–H and O–H groups in total. The first-order chi connectivity index (χ1) is 11.0. The van der Waals surface area contributed by atoms with E-state index >= 15 is 0 Å². The summed E-state index contributed by atoms with van der Waals surface area (Å²) in [5.41, 5.74) is 0.359. The number of carbonyl (C=O) groups excluding carboxylic acids is 1. The van der Waals surface area contributed by atoms with Gasteiger partial charge in [0.1, 0.15) is 31.0 Å². The van der Waals surface area contributed by atoms with Crippen LogP contribution >= 0.6 is 0 Å². The summed E-state index contributed by atoms with van der Waals surface area (Å²) in [4.78, 5) is 11.9. The molecule has 7 nitrogen and oxygen atoms in total. The molecule has 1 saturated heterocycles. The molecular weight excluding hydrogens is 304 g/mol. The first kappa shape index (κ1) is 17.6. The van der Waals surface area contributed by atoms with E-state index in [9.17, 15) is 20.1 Å². The summed E-state index contributed by atoms with van der Waals surface area (Å²) in [7, 11) is 0. The van der Waals surface area contributed by atoms with Crippen LogP contribution in [-0.2, 0) is 14.2 Å². The van der Waals surface area contributed by atoms with Gasteiger partial charge in [0.05, 0.1) is 12.2 Å². The molecule has 1 fully saturated rings. The van der Waals surface area contributed by atoms with Crippen LogP contribution in [0.15, 0.2) is 43.0 Å². The SMILES string of the molecule is C=CCOC1C(O)C(O)OC(COC(=O)c2ccccc2)C1O. The number of esters is 1. The zero-order valence-electron chi connectivity index (χ0n) is 12.4. The van der Waals surface area contributed by atoms with Crippen LogP contribution in [0.2, 0.25) is 0 Å². The van der Waals surface area contributed by atoms with E-state index in [1.807, 2.05) is 0 Å². The highest BCUT2D eigenvalue weighted by molar-refractivity contribution is 5.89. The molecule has 7 heteroatoms. The fourth-order valence-electron chi connectivity index (χ4n) is 2.25. The molecule has 5 atom stereocenters. The van der Waals surface area contributed by atoms with Gasteiger partial charge in [-0.25, -0.2) is 4.79 Å². The topological polar surface area (TPSA) is 105 Å². The Labute approximate surface area is 133 Å². The Morgan fingerprint density at radius 1 is 1.22 bits per heavy atom. The van der Waals surface area contributed by atoms with E-state index in [0.717, 1.165) is 0 Å². The quantitative estimate of drug-likeness (QED) is 0.494. The lowest BCUT2D eigenvalue weighted by molar-refractivity contribution is -0.292. The zero-order chi connectivity index (χ0) is 16.8. The van der Waals surface area contributed by atoms with E-state index in [2.05, 4.69) is 6.58 Å². The largest absolute Gasteiger partial charge is 0.459 e. The van der Waals surface area contributed by atoms with E-state index in [0.29, 0.717) is 5.56 Å². The highest BCUT2D eigenvalue weighted by Gasteiger charge is 2.45. The minimum atomic E-state index is -1.55. The lowest BCUT2D eigenvalue weighted by atomic mass is 9.99. The van der Waals surface area contributed by atoms with Crippen molar-refractivity contribution in [3.63, 3.8) is 0 Å². The van der Waals surface area contributed by atoms with Gasteiger partial charge < -0.3 is 29.5 Å². The molecule has 0 aromatic heterocycles. The molecule has 0 radical (unpaired) electrons. The Morgan fingerprint density at radius 2 is 1.91 bits per heavy atom. The Morgan fingerprint density at radius 3 is 2.57 bits per heavy atom. The molecule has 0 spiro atoms. The average Bonchev–Trinajstić information content (AvgIpc) is 2.57. The molecule has 1 aliphatic heterocycles. The Bertz CT molecular complexity index is 518. The van der Waals surface area contributed by atoms with Gasteiger partial charge >= 0.3 is 5.97 Å². The summed E-state index contributed by atoms with van der Waals surface area (Å²) in [6, 6.07) is 8.35. The number of hydrogen-bond acceptors (Lipinski definition) is 7. The van der Waals surface area contributed by atoms with Crippen molar-refractivity contribution in [2.24, 2.45) is 0 Å². The van der Waals surface area contributed by atoms with E-state index in [4.69, 9.17) is 14.2 Å².